The van der Waals surface area contributed by atoms with E-state index < -0.39 is 0 Å². The molecular formula is C9H21NO. The molecule has 0 spiro atoms. The van der Waals surface area contributed by atoms with Gasteiger partial charge in [-0.25, -0.2) is 0 Å². The van der Waals surface area contributed by atoms with Crippen molar-refractivity contribution in [3.63, 3.8) is 0 Å². The molecule has 1 rings (SSSR count). The number of hydrogen-bond donors (Lipinski definition) is 2. The van der Waals surface area contributed by atoms with E-state index >= 15 is 0 Å². The monoisotopic (exact) mass is 159 g/mol. The van der Waals surface area contributed by atoms with Crippen LogP contribution in [-0.2, 0) is 0 Å². The van der Waals surface area contributed by atoms with Crippen LogP contribution in [0.5, 0.6) is 0 Å². The third-order valence-electron chi connectivity index (χ3n) is 1.31. The van der Waals surface area contributed by atoms with Gasteiger partial charge in [-0.2, -0.15) is 0 Å². The van der Waals surface area contributed by atoms with Crippen LogP contribution in [0.1, 0.15) is 33.6 Å². The van der Waals surface area contributed by atoms with Gasteiger partial charge in [-0.15, -0.1) is 0 Å². The summed E-state index contributed by atoms with van der Waals surface area (Å²) >= 11 is 0. The Labute approximate surface area is 70.0 Å². The maximum atomic E-state index is 8.87. The summed E-state index contributed by atoms with van der Waals surface area (Å²) in [5.41, 5.74) is 0. The number of rotatable bonds is 0. The third kappa shape index (κ3) is 9.92. The summed E-state index contributed by atoms with van der Waals surface area (Å²) in [5, 5.41) is 12.0. The van der Waals surface area contributed by atoms with Gasteiger partial charge in [0, 0.05) is 0 Å². The first-order valence-corrected chi connectivity index (χ1v) is 4.51. The SMILES string of the molecule is CC(C)C.OC1CCNCC1. The first-order valence-electron chi connectivity index (χ1n) is 4.51. The molecule has 0 aromatic rings. The summed E-state index contributed by atoms with van der Waals surface area (Å²) in [6.45, 7) is 8.47. The minimum atomic E-state index is -0.0266. The van der Waals surface area contributed by atoms with Crippen molar-refractivity contribution in [2.45, 2.75) is 39.7 Å². The summed E-state index contributed by atoms with van der Waals surface area (Å²) in [6, 6.07) is 0. The zero-order chi connectivity index (χ0) is 8.69. The average Bonchev–Trinajstić information content (AvgIpc) is 1.87. The van der Waals surface area contributed by atoms with Crippen LogP contribution in [0.25, 0.3) is 0 Å². The Bertz CT molecular complexity index is 74.9. The Morgan fingerprint density at radius 2 is 1.55 bits per heavy atom. The van der Waals surface area contributed by atoms with Gasteiger partial charge >= 0.3 is 0 Å². The second-order valence-electron chi connectivity index (χ2n) is 3.71. The summed E-state index contributed by atoms with van der Waals surface area (Å²) in [7, 11) is 0. The highest BCUT2D eigenvalue weighted by Gasteiger charge is 2.06. The van der Waals surface area contributed by atoms with Crippen molar-refractivity contribution in [1.82, 2.24) is 5.32 Å². The number of aliphatic hydroxyl groups is 1. The molecule has 68 valence electrons. The largest absolute Gasteiger partial charge is 0.393 e. The van der Waals surface area contributed by atoms with E-state index in [1.807, 2.05) is 0 Å². The maximum Gasteiger partial charge on any atom is 0.0564 e. The summed E-state index contributed by atoms with van der Waals surface area (Å²) in [4.78, 5) is 0. The van der Waals surface area contributed by atoms with Crippen molar-refractivity contribution in [3.05, 3.63) is 0 Å². The van der Waals surface area contributed by atoms with Gasteiger partial charge < -0.3 is 10.4 Å². The van der Waals surface area contributed by atoms with Gasteiger partial charge in [-0.3, -0.25) is 0 Å². The molecule has 0 bridgehead atoms. The topological polar surface area (TPSA) is 32.3 Å². The van der Waals surface area contributed by atoms with Crippen molar-refractivity contribution in [2.24, 2.45) is 5.92 Å². The molecule has 0 unspecified atom stereocenters. The lowest BCUT2D eigenvalue weighted by Gasteiger charge is -2.16. The Morgan fingerprint density at radius 3 is 1.73 bits per heavy atom. The third-order valence-corrected chi connectivity index (χ3v) is 1.31. The Morgan fingerprint density at radius 1 is 1.18 bits per heavy atom. The molecule has 11 heavy (non-hydrogen) atoms. The minimum Gasteiger partial charge on any atom is -0.393 e. The molecular weight excluding hydrogens is 138 g/mol. The van der Waals surface area contributed by atoms with E-state index in [9.17, 15) is 0 Å². The van der Waals surface area contributed by atoms with Crippen molar-refractivity contribution < 1.29 is 5.11 Å². The van der Waals surface area contributed by atoms with Gasteiger partial charge in [0.05, 0.1) is 6.10 Å². The fraction of sp³-hybridized carbons (Fsp3) is 1.00. The summed E-state index contributed by atoms with van der Waals surface area (Å²) in [5.74, 6) is 0.833. The standard InChI is InChI=1S/C5H11NO.C4H10/c7-5-1-3-6-4-2-5;1-4(2)3/h5-7H,1-4H2;4H,1-3H3. The van der Waals surface area contributed by atoms with Gasteiger partial charge in [0.15, 0.2) is 0 Å². The van der Waals surface area contributed by atoms with Crippen molar-refractivity contribution in [3.8, 4) is 0 Å². The van der Waals surface area contributed by atoms with Crippen LogP contribution in [0.2, 0.25) is 0 Å². The zero-order valence-corrected chi connectivity index (χ0v) is 7.93. The van der Waals surface area contributed by atoms with E-state index in [1.54, 1.807) is 0 Å². The first kappa shape index (κ1) is 10.9. The molecule has 0 atom stereocenters. The highest BCUT2D eigenvalue weighted by molar-refractivity contribution is 4.65. The van der Waals surface area contributed by atoms with Gasteiger partial charge in [-0.1, -0.05) is 20.8 Å². The van der Waals surface area contributed by atoms with Gasteiger partial charge in [0.1, 0.15) is 0 Å². The lowest BCUT2D eigenvalue weighted by Crippen LogP contribution is -2.30. The van der Waals surface area contributed by atoms with Crippen LogP contribution < -0.4 is 5.32 Å². The van der Waals surface area contributed by atoms with Gasteiger partial charge in [-0.05, 0) is 31.8 Å². The predicted molar refractivity (Wildman–Crippen MR) is 48.6 cm³/mol. The summed E-state index contributed by atoms with van der Waals surface area (Å²) < 4.78 is 0. The van der Waals surface area contributed by atoms with Gasteiger partial charge in [0.25, 0.3) is 0 Å². The van der Waals surface area contributed by atoms with Crippen LogP contribution in [0, 0.1) is 5.92 Å². The maximum absolute atomic E-state index is 8.87. The fourth-order valence-electron chi connectivity index (χ4n) is 0.807. The lowest BCUT2D eigenvalue weighted by atomic mass is 10.1. The number of piperidine rings is 1. The Hall–Kier alpha value is -0.0800. The van der Waals surface area contributed by atoms with Crippen LogP contribution >= 0.6 is 0 Å². The van der Waals surface area contributed by atoms with Gasteiger partial charge in [0.2, 0.25) is 0 Å². The van der Waals surface area contributed by atoms with Crippen LogP contribution in [-0.4, -0.2) is 24.3 Å². The molecule has 1 aliphatic heterocycles. The molecule has 0 aromatic carbocycles. The fourth-order valence-corrected chi connectivity index (χ4v) is 0.807. The van der Waals surface area contributed by atoms with E-state index in [0.717, 1.165) is 31.8 Å². The van der Waals surface area contributed by atoms with E-state index in [1.165, 1.54) is 0 Å². The molecule has 2 heteroatoms. The van der Waals surface area contributed by atoms with Crippen LogP contribution in [0.3, 0.4) is 0 Å². The molecule has 2 N–H and O–H groups in total. The molecule has 2 nitrogen and oxygen atoms in total. The zero-order valence-electron chi connectivity index (χ0n) is 7.93. The second kappa shape index (κ2) is 6.62. The van der Waals surface area contributed by atoms with E-state index in [-0.39, 0.29) is 6.10 Å². The average molecular weight is 159 g/mol. The number of hydrogen-bond acceptors (Lipinski definition) is 2. The van der Waals surface area contributed by atoms with Crippen LogP contribution in [0.15, 0.2) is 0 Å². The molecule has 1 saturated heterocycles. The molecule has 0 aromatic heterocycles. The normalized spacial score (nSPS) is 19.4. The Kier molecular flexibility index (Phi) is 6.57. The lowest BCUT2D eigenvalue weighted by molar-refractivity contribution is 0.137. The smallest absolute Gasteiger partial charge is 0.0564 e. The van der Waals surface area contributed by atoms with E-state index in [4.69, 9.17) is 5.11 Å². The van der Waals surface area contributed by atoms with Crippen molar-refractivity contribution >= 4 is 0 Å². The van der Waals surface area contributed by atoms with E-state index in [2.05, 4.69) is 26.1 Å². The molecule has 0 aliphatic carbocycles. The summed E-state index contributed by atoms with van der Waals surface area (Å²) in [6.07, 6.45) is 1.83. The highest BCUT2D eigenvalue weighted by atomic mass is 16.3. The van der Waals surface area contributed by atoms with Crippen LogP contribution in [0.4, 0.5) is 0 Å². The second-order valence-corrected chi connectivity index (χ2v) is 3.71. The molecule has 0 radical (unpaired) electrons. The Balaban J connectivity index is 0.000000218. The molecule has 1 fully saturated rings. The number of aliphatic hydroxyl groups excluding tert-OH is 1. The highest BCUT2D eigenvalue weighted by Crippen LogP contribution is 1.99. The number of nitrogens with one attached hydrogen (secondary N) is 1. The first-order chi connectivity index (χ1) is 5.13. The minimum absolute atomic E-state index is 0.0266. The van der Waals surface area contributed by atoms with Crippen molar-refractivity contribution in [2.75, 3.05) is 13.1 Å². The predicted octanol–water partition coefficient (Wildman–Crippen LogP) is 1.39. The molecule has 1 heterocycles. The molecule has 0 amide bonds. The molecule has 0 saturated carbocycles. The van der Waals surface area contributed by atoms with Crippen molar-refractivity contribution in [1.29, 1.82) is 0 Å². The molecule has 1 aliphatic rings. The van der Waals surface area contributed by atoms with E-state index in [0.29, 0.717) is 0 Å². The quantitative estimate of drug-likeness (QED) is 0.560.